The van der Waals surface area contributed by atoms with Gasteiger partial charge < -0.3 is 19.3 Å². The summed E-state index contributed by atoms with van der Waals surface area (Å²) in [6.07, 6.45) is 0. The van der Waals surface area contributed by atoms with Crippen LogP contribution in [0.25, 0.3) is 0 Å². The van der Waals surface area contributed by atoms with Crippen molar-refractivity contribution in [2.45, 2.75) is 59.1 Å². The van der Waals surface area contributed by atoms with Crippen LogP contribution in [0.2, 0.25) is 0 Å². The Bertz CT molecular complexity index is 1150. The Balaban J connectivity index is 1.56. The van der Waals surface area contributed by atoms with Gasteiger partial charge in [-0.2, -0.15) is 0 Å². The summed E-state index contributed by atoms with van der Waals surface area (Å²) in [6.45, 7) is 6.39. The molecule has 4 nitrogen and oxygen atoms in total. The van der Waals surface area contributed by atoms with Crippen molar-refractivity contribution in [1.29, 1.82) is 0 Å². The van der Waals surface area contributed by atoms with E-state index in [1.807, 2.05) is 66.7 Å². The van der Waals surface area contributed by atoms with Gasteiger partial charge in [-0.25, -0.2) is 0 Å². The van der Waals surface area contributed by atoms with Crippen molar-refractivity contribution in [1.82, 2.24) is 0 Å². The first-order valence-electron chi connectivity index (χ1n) is 12.7. The molecule has 192 valence electrons. The average Bonchev–Trinajstić information content (AvgIpc) is 2.91. The van der Waals surface area contributed by atoms with Crippen LogP contribution in [0.4, 0.5) is 0 Å². The van der Waals surface area contributed by atoms with Gasteiger partial charge in [0.25, 0.3) is 0 Å². The summed E-state index contributed by atoms with van der Waals surface area (Å²) in [5.74, 6) is 0. The molecule has 0 amide bonds. The third kappa shape index (κ3) is 8.38. The smallest absolute Gasteiger partial charge is 0.0840 e. The standard InChI is InChI=1S/C33H36O4/c1-33(2,34)31-18-29(23-35-20-26-12-6-3-7-13-26)32(25-37-22-28-16-10-5-11-17-28)30(19-31)24-36-21-27-14-8-4-9-15-27/h3-19,34H,20-25H2,1-2H3. The monoisotopic (exact) mass is 496 g/mol. The maximum Gasteiger partial charge on any atom is 0.0840 e. The van der Waals surface area contributed by atoms with Crippen LogP contribution in [-0.2, 0) is 59.5 Å². The third-order valence-electron chi connectivity index (χ3n) is 6.24. The molecule has 4 aromatic carbocycles. The summed E-state index contributed by atoms with van der Waals surface area (Å²) >= 11 is 0. The predicted molar refractivity (Wildman–Crippen MR) is 146 cm³/mol. The number of benzene rings is 4. The molecule has 4 heteroatoms. The molecule has 0 fully saturated rings. The number of ether oxygens (including phenoxy) is 3. The molecule has 0 aliphatic carbocycles. The van der Waals surface area contributed by atoms with Crippen LogP contribution in [0.15, 0.2) is 103 Å². The third-order valence-corrected chi connectivity index (χ3v) is 6.24. The Labute approximate surface area is 220 Å². The zero-order valence-electron chi connectivity index (χ0n) is 21.7. The largest absolute Gasteiger partial charge is 0.386 e. The summed E-state index contributed by atoms with van der Waals surface area (Å²) < 4.78 is 18.4. The van der Waals surface area contributed by atoms with E-state index in [9.17, 15) is 5.11 Å². The second kappa shape index (κ2) is 13.3. The summed E-state index contributed by atoms with van der Waals surface area (Å²) in [4.78, 5) is 0. The second-order valence-corrected chi connectivity index (χ2v) is 9.77. The maximum atomic E-state index is 10.8. The van der Waals surface area contributed by atoms with Crippen molar-refractivity contribution >= 4 is 0 Å². The molecule has 0 aliphatic heterocycles. The maximum absolute atomic E-state index is 10.8. The minimum atomic E-state index is -0.994. The lowest BCUT2D eigenvalue weighted by atomic mass is 9.91. The Hall–Kier alpha value is -3.28. The molecule has 0 heterocycles. The molecule has 0 saturated carbocycles. The molecule has 1 N–H and O–H groups in total. The number of aliphatic hydroxyl groups is 1. The molecule has 0 atom stereocenters. The highest BCUT2D eigenvalue weighted by atomic mass is 16.5. The summed E-state index contributed by atoms with van der Waals surface area (Å²) in [5, 5.41) is 10.8. The minimum Gasteiger partial charge on any atom is -0.386 e. The van der Waals surface area contributed by atoms with Gasteiger partial charge in [0.1, 0.15) is 0 Å². The van der Waals surface area contributed by atoms with Gasteiger partial charge in [-0.15, -0.1) is 0 Å². The number of hydrogen-bond acceptors (Lipinski definition) is 4. The normalized spacial score (nSPS) is 11.5. The highest BCUT2D eigenvalue weighted by Crippen LogP contribution is 2.28. The zero-order valence-corrected chi connectivity index (χ0v) is 21.7. The van der Waals surface area contributed by atoms with Crippen LogP contribution in [0.3, 0.4) is 0 Å². The molecule has 0 radical (unpaired) electrons. The van der Waals surface area contributed by atoms with Gasteiger partial charge in [-0.05, 0) is 52.8 Å². The SMILES string of the molecule is CC(C)(O)c1cc(COCc2ccccc2)c(COCc2ccccc2)c(COCc2ccccc2)c1. The van der Waals surface area contributed by atoms with Crippen LogP contribution < -0.4 is 0 Å². The van der Waals surface area contributed by atoms with Gasteiger partial charge in [-0.1, -0.05) is 103 Å². The molecule has 4 rings (SSSR count). The lowest BCUT2D eigenvalue weighted by molar-refractivity contribution is 0.0739. The first kappa shape index (κ1) is 26.8. The van der Waals surface area contributed by atoms with Gasteiger partial charge in [0, 0.05) is 0 Å². The fourth-order valence-corrected chi connectivity index (χ4v) is 4.15. The Morgan fingerprint density at radius 3 is 1.22 bits per heavy atom. The van der Waals surface area contributed by atoms with Crippen LogP contribution in [0.5, 0.6) is 0 Å². The summed E-state index contributed by atoms with van der Waals surface area (Å²) in [7, 11) is 0. The number of hydrogen-bond donors (Lipinski definition) is 1. The van der Waals surface area contributed by atoms with E-state index >= 15 is 0 Å². The zero-order chi connectivity index (χ0) is 25.9. The van der Waals surface area contributed by atoms with Crippen LogP contribution >= 0.6 is 0 Å². The minimum absolute atomic E-state index is 0.411. The Morgan fingerprint density at radius 1 is 0.514 bits per heavy atom. The van der Waals surface area contributed by atoms with E-state index in [4.69, 9.17) is 14.2 Å². The van der Waals surface area contributed by atoms with Crippen LogP contribution in [0.1, 0.15) is 52.8 Å². The first-order valence-corrected chi connectivity index (χ1v) is 12.7. The van der Waals surface area contributed by atoms with Crippen LogP contribution in [0, 0.1) is 0 Å². The molecule has 0 saturated heterocycles. The van der Waals surface area contributed by atoms with Gasteiger partial charge in [0.15, 0.2) is 0 Å². The Morgan fingerprint density at radius 2 is 0.865 bits per heavy atom. The molecule has 4 aromatic rings. The first-order chi connectivity index (χ1) is 18.0. The van der Waals surface area contributed by atoms with Crippen molar-refractivity contribution in [3.05, 3.63) is 142 Å². The molecule has 0 unspecified atom stereocenters. The van der Waals surface area contributed by atoms with E-state index < -0.39 is 5.60 Å². The van der Waals surface area contributed by atoms with E-state index in [2.05, 4.69) is 36.4 Å². The molecule has 0 aliphatic rings. The fourth-order valence-electron chi connectivity index (χ4n) is 4.15. The lowest BCUT2D eigenvalue weighted by Gasteiger charge is -2.24. The number of rotatable bonds is 13. The molecule has 0 bridgehead atoms. The van der Waals surface area contributed by atoms with E-state index in [1.165, 1.54) is 0 Å². The van der Waals surface area contributed by atoms with Crippen molar-refractivity contribution in [2.24, 2.45) is 0 Å². The van der Waals surface area contributed by atoms with Crippen molar-refractivity contribution in [3.8, 4) is 0 Å². The molecule has 0 aromatic heterocycles. The van der Waals surface area contributed by atoms with Crippen molar-refractivity contribution in [3.63, 3.8) is 0 Å². The highest BCUT2D eigenvalue weighted by Gasteiger charge is 2.21. The molecule has 37 heavy (non-hydrogen) atoms. The highest BCUT2D eigenvalue weighted by molar-refractivity contribution is 5.41. The summed E-state index contributed by atoms with van der Waals surface area (Å²) in [5.41, 5.74) is 6.25. The second-order valence-electron chi connectivity index (χ2n) is 9.77. The van der Waals surface area contributed by atoms with E-state index in [0.717, 1.165) is 38.9 Å². The van der Waals surface area contributed by atoms with Gasteiger partial charge in [-0.3, -0.25) is 0 Å². The molecular weight excluding hydrogens is 460 g/mol. The van der Waals surface area contributed by atoms with Gasteiger partial charge >= 0.3 is 0 Å². The predicted octanol–water partition coefficient (Wildman–Crippen LogP) is 7.06. The van der Waals surface area contributed by atoms with Gasteiger partial charge in [0.05, 0.1) is 45.2 Å². The molecule has 0 spiro atoms. The Kier molecular flexibility index (Phi) is 9.64. The van der Waals surface area contributed by atoms with Crippen LogP contribution in [-0.4, -0.2) is 5.11 Å². The average molecular weight is 497 g/mol. The van der Waals surface area contributed by atoms with Crippen molar-refractivity contribution in [2.75, 3.05) is 0 Å². The fraction of sp³-hybridized carbons (Fsp3) is 0.273. The molecular formula is C33H36O4. The van der Waals surface area contributed by atoms with E-state index in [1.54, 1.807) is 13.8 Å². The van der Waals surface area contributed by atoms with Crippen molar-refractivity contribution < 1.29 is 19.3 Å². The van der Waals surface area contributed by atoms with E-state index in [0.29, 0.717) is 39.6 Å². The van der Waals surface area contributed by atoms with E-state index in [-0.39, 0.29) is 0 Å². The quantitative estimate of drug-likeness (QED) is 0.215. The van der Waals surface area contributed by atoms with Gasteiger partial charge in [0.2, 0.25) is 0 Å². The topological polar surface area (TPSA) is 47.9 Å². The summed E-state index contributed by atoms with van der Waals surface area (Å²) in [6, 6.07) is 34.5. The lowest BCUT2D eigenvalue weighted by Crippen LogP contribution is -2.18.